The minimum absolute atomic E-state index is 0.409. The van der Waals surface area contributed by atoms with Crippen LogP contribution in [0.5, 0.6) is 0 Å². The van der Waals surface area contributed by atoms with Crippen LogP contribution in [0.4, 0.5) is 0 Å². The average Bonchev–Trinajstić information content (AvgIpc) is 2.47. The Morgan fingerprint density at radius 2 is 1.95 bits per heavy atom. The topological polar surface area (TPSA) is 83.3 Å². The molecule has 0 radical (unpaired) electrons. The first-order valence-electron chi connectivity index (χ1n) is 6.14. The summed E-state index contributed by atoms with van der Waals surface area (Å²) < 4.78 is 0. The lowest BCUT2D eigenvalue weighted by Gasteiger charge is -2.01. The molecule has 0 amide bonds. The molecule has 2 N–H and O–H groups in total. The number of carbonyl (C=O) groups is 1. The lowest BCUT2D eigenvalue weighted by Crippen LogP contribution is -1.99. The monoisotopic (exact) mass is 270 g/mol. The van der Waals surface area contributed by atoms with Crippen LogP contribution in [0.1, 0.15) is 17.0 Å². The Morgan fingerprint density at radius 1 is 1.10 bits per heavy atom. The summed E-state index contributed by atoms with van der Waals surface area (Å²) in [6, 6.07) is 9.32. The van der Waals surface area contributed by atoms with Crippen molar-refractivity contribution in [2.45, 2.75) is 12.8 Å². The molecule has 0 aliphatic rings. The van der Waals surface area contributed by atoms with Crippen molar-refractivity contribution in [2.24, 2.45) is 0 Å². The minimum Gasteiger partial charge on any atom is -0.502 e. The van der Waals surface area contributed by atoms with Crippen LogP contribution in [0.25, 0.3) is 6.08 Å². The third kappa shape index (κ3) is 3.91. The second kappa shape index (κ2) is 6.47. The highest BCUT2D eigenvalue weighted by atomic mass is 16.4. The Balaban J connectivity index is 1.98. The van der Waals surface area contributed by atoms with Crippen molar-refractivity contribution in [3.8, 4) is 0 Å². The molecule has 5 heteroatoms. The van der Waals surface area contributed by atoms with Gasteiger partial charge in [0.25, 0.3) is 0 Å². The number of carboxylic acid groups (broad SMARTS) is 1. The van der Waals surface area contributed by atoms with Crippen LogP contribution in [0.15, 0.2) is 48.5 Å². The van der Waals surface area contributed by atoms with Crippen molar-refractivity contribution in [2.75, 3.05) is 0 Å². The average molecular weight is 270 g/mol. The molecule has 0 saturated carbocycles. The van der Waals surface area contributed by atoms with Gasteiger partial charge in [-0.05, 0) is 36.6 Å². The van der Waals surface area contributed by atoms with E-state index in [4.69, 9.17) is 10.2 Å². The second-order valence-corrected chi connectivity index (χ2v) is 4.25. The van der Waals surface area contributed by atoms with Gasteiger partial charge < -0.3 is 10.2 Å². The highest BCUT2D eigenvalue weighted by molar-refractivity contribution is 5.88. The van der Waals surface area contributed by atoms with Crippen molar-refractivity contribution in [1.29, 1.82) is 0 Å². The third-order valence-corrected chi connectivity index (χ3v) is 2.75. The summed E-state index contributed by atoms with van der Waals surface area (Å²) in [5.41, 5.74) is 2.45. The van der Waals surface area contributed by atoms with Crippen LogP contribution in [-0.4, -0.2) is 26.2 Å². The van der Waals surface area contributed by atoms with Gasteiger partial charge in [-0.1, -0.05) is 12.1 Å². The van der Waals surface area contributed by atoms with Gasteiger partial charge in [0.05, 0.1) is 5.69 Å². The van der Waals surface area contributed by atoms with Crippen molar-refractivity contribution >= 4 is 12.0 Å². The van der Waals surface area contributed by atoms with Gasteiger partial charge in [-0.15, -0.1) is 0 Å². The summed E-state index contributed by atoms with van der Waals surface area (Å²) in [7, 11) is 0. The number of carboxylic acids is 1. The maximum absolute atomic E-state index is 10.5. The number of aryl methyl sites for hydroxylation is 2. The number of aliphatic hydroxyl groups is 1. The molecule has 0 fully saturated rings. The van der Waals surface area contributed by atoms with Gasteiger partial charge in [0, 0.05) is 24.2 Å². The van der Waals surface area contributed by atoms with Crippen molar-refractivity contribution in [1.82, 2.24) is 9.97 Å². The summed E-state index contributed by atoms with van der Waals surface area (Å²) in [6.45, 7) is 0. The van der Waals surface area contributed by atoms with E-state index in [2.05, 4.69) is 9.97 Å². The highest BCUT2D eigenvalue weighted by Gasteiger charge is 2.04. The maximum Gasteiger partial charge on any atom is 0.371 e. The fraction of sp³-hybridized carbons (Fsp3) is 0.133. The second-order valence-electron chi connectivity index (χ2n) is 4.25. The van der Waals surface area contributed by atoms with E-state index in [1.165, 1.54) is 0 Å². The molecular weight excluding hydrogens is 256 g/mol. The highest BCUT2D eigenvalue weighted by Crippen LogP contribution is 2.07. The predicted molar refractivity (Wildman–Crippen MR) is 74.1 cm³/mol. The lowest BCUT2D eigenvalue weighted by molar-refractivity contribution is -0.135. The smallest absolute Gasteiger partial charge is 0.371 e. The minimum atomic E-state index is -1.37. The molecule has 0 atom stereocenters. The first-order valence-corrected chi connectivity index (χ1v) is 6.14. The molecule has 0 saturated heterocycles. The van der Waals surface area contributed by atoms with Gasteiger partial charge in [-0.2, -0.15) is 0 Å². The van der Waals surface area contributed by atoms with Crippen LogP contribution >= 0.6 is 0 Å². The fourth-order valence-corrected chi connectivity index (χ4v) is 1.69. The van der Waals surface area contributed by atoms with Crippen LogP contribution < -0.4 is 0 Å². The Morgan fingerprint density at radius 3 is 2.55 bits per heavy atom. The first kappa shape index (κ1) is 13.7. The molecule has 2 aromatic heterocycles. The van der Waals surface area contributed by atoms with Crippen LogP contribution in [-0.2, 0) is 17.6 Å². The number of nitrogens with zero attached hydrogens (tertiary/aromatic N) is 2. The number of hydrogen-bond donors (Lipinski definition) is 2. The molecule has 102 valence electrons. The molecule has 0 aliphatic carbocycles. The number of aromatic nitrogens is 2. The number of rotatable bonds is 5. The summed E-state index contributed by atoms with van der Waals surface area (Å²) >= 11 is 0. The molecule has 2 heterocycles. The van der Waals surface area contributed by atoms with Crippen LogP contribution in [0.2, 0.25) is 0 Å². The largest absolute Gasteiger partial charge is 0.502 e. The van der Waals surface area contributed by atoms with Gasteiger partial charge in [0.1, 0.15) is 0 Å². The number of hydrogen-bond acceptors (Lipinski definition) is 4. The Bertz CT molecular complexity index is 607. The molecule has 2 aromatic rings. The summed E-state index contributed by atoms with van der Waals surface area (Å²) in [5, 5.41) is 17.7. The molecule has 5 nitrogen and oxygen atoms in total. The quantitative estimate of drug-likeness (QED) is 0.643. The predicted octanol–water partition coefficient (Wildman–Crippen LogP) is 2.25. The maximum atomic E-state index is 10.5. The normalized spacial score (nSPS) is 11.3. The molecule has 0 bridgehead atoms. The fourth-order valence-electron chi connectivity index (χ4n) is 1.69. The van der Waals surface area contributed by atoms with Gasteiger partial charge in [0.15, 0.2) is 0 Å². The van der Waals surface area contributed by atoms with E-state index in [-0.39, 0.29) is 0 Å². The van der Waals surface area contributed by atoms with E-state index in [0.717, 1.165) is 30.2 Å². The SMILES string of the molecule is O=C(O)/C(O)=C/c1ccc(CCc2ccccn2)cn1. The molecule has 0 unspecified atom stereocenters. The third-order valence-electron chi connectivity index (χ3n) is 2.75. The Hall–Kier alpha value is -2.69. The lowest BCUT2D eigenvalue weighted by atomic mass is 10.1. The standard InChI is InChI=1S/C15H14N2O3/c18-14(15(19)20)9-13-7-5-11(10-17-13)4-6-12-3-1-2-8-16-12/h1-3,5,7-10,18H,4,6H2,(H,19,20)/b14-9-. The van der Waals surface area contributed by atoms with Gasteiger partial charge in [-0.25, -0.2) is 4.79 Å². The zero-order chi connectivity index (χ0) is 14.4. The summed E-state index contributed by atoms with van der Waals surface area (Å²) in [5.74, 6) is -2.09. The van der Waals surface area contributed by atoms with E-state index < -0.39 is 11.7 Å². The van der Waals surface area contributed by atoms with E-state index in [1.54, 1.807) is 18.5 Å². The van der Waals surface area contributed by atoms with Gasteiger partial charge >= 0.3 is 5.97 Å². The van der Waals surface area contributed by atoms with Gasteiger partial charge in [0.2, 0.25) is 5.76 Å². The van der Waals surface area contributed by atoms with Crippen LogP contribution in [0, 0.1) is 0 Å². The summed E-state index contributed by atoms with van der Waals surface area (Å²) in [6.07, 6.45) is 6.17. The molecule has 2 rings (SSSR count). The number of aliphatic hydroxyl groups excluding tert-OH is 1. The zero-order valence-electron chi connectivity index (χ0n) is 10.7. The van der Waals surface area contributed by atoms with E-state index in [9.17, 15) is 4.79 Å². The zero-order valence-corrected chi connectivity index (χ0v) is 10.7. The van der Waals surface area contributed by atoms with E-state index in [0.29, 0.717) is 5.69 Å². The number of aliphatic carboxylic acids is 1. The molecule has 20 heavy (non-hydrogen) atoms. The van der Waals surface area contributed by atoms with Gasteiger partial charge in [-0.3, -0.25) is 9.97 Å². The van der Waals surface area contributed by atoms with Crippen LogP contribution in [0.3, 0.4) is 0 Å². The molecule has 0 spiro atoms. The first-order chi connectivity index (χ1) is 9.65. The Kier molecular flexibility index (Phi) is 4.44. The Labute approximate surface area is 116 Å². The molecule has 0 aromatic carbocycles. The number of pyridine rings is 2. The van der Waals surface area contributed by atoms with Crippen molar-refractivity contribution < 1.29 is 15.0 Å². The summed E-state index contributed by atoms with van der Waals surface area (Å²) in [4.78, 5) is 18.8. The molecular formula is C15H14N2O3. The molecule has 0 aliphatic heterocycles. The van der Waals surface area contributed by atoms with Crippen molar-refractivity contribution in [3.05, 3.63) is 65.4 Å². The van der Waals surface area contributed by atoms with Crippen molar-refractivity contribution in [3.63, 3.8) is 0 Å². The van der Waals surface area contributed by atoms with E-state index >= 15 is 0 Å². The van der Waals surface area contributed by atoms with E-state index in [1.807, 2.05) is 24.3 Å².